The molecule has 0 aliphatic rings. The van der Waals surface area contributed by atoms with E-state index in [1.54, 1.807) is 11.3 Å². The van der Waals surface area contributed by atoms with Gasteiger partial charge in [0.05, 0.1) is 10.7 Å². The maximum absolute atomic E-state index is 4.43. The van der Waals surface area contributed by atoms with E-state index in [-0.39, 0.29) is 0 Å². The molecule has 0 saturated carbocycles. The number of unbranched alkanes of at least 4 members (excludes halogenated alkanes) is 1. The first-order valence-corrected chi connectivity index (χ1v) is 7.38. The van der Waals surface area contributed by atoms with Crippen LogP contribution in [0.2, 0.25) is 0 Å². The minimum atomic E-state index is 0.898. The van der Waals surface area contributed by atoms with Crippen molar-refractivity contribution in [2.75, 3.05) is 6.54 Å². The Kier molecular flexibility index (Phi) is 5.36. The summed E-state index contributed by atoms with van der Waals surface area (Å²) in [5.41, 5.74) is 2.60. The fourth-order valence-electron chi connectivity index (χ4n) is 1.93. The molecule has 0 spiro atoms. The zero-order valence-corrected chi connectivity index (χ0v) is 11.7. The van der Waals surface area contributed by atoms with Gasteiger partial charge in [-0.1, -0.05) is 30.3 Å². The lowest BCUT2D eigenvalue weighted by Crippen LogP contribution is -2.15. The highest BCUT2D eigenvalue weighted by Gasteiger charge is 1.97. The number of rotatable bonds is 7. The molecule has 2 nitrogen and oxygen atoms in total. The fourth-order valence-corrected chi connectivity index (χ4v) is 2.54. The summed E-state index contributed by atoms with van der Waals surface area (Å²) in [4.78, 5) is 4.43. The number of nitrogens with zero attached hydrogens (tertiary/aromatic N) is 1. The molecule has 3 heteroatoms. The molecule has 0 atom stereocenters. The van der Waals surface area contributed by atoms with E-state index < -0.39 is 0 Å². The monoisotopic (exact) mass is 260 g/mol. The van der Waals surface area contributed by atoms with E-state index in [9.17, 15) is 0 Å². The number of nitrogens with one attached hydrogen (secondary N) is 1. The second kappa shape index (κ2) is 7.29. The van der Waals surface area contributed by atoms with Gasteiger partial charge in [-0.25, -0.2) is 4.98 Å². The summed E-state index contributed by atoms with van der Waals surface area (Å²) in [6.45, 7) is 4.02. The van der Waals surface area contributed by atoms with Gasteiger partial charge >= 0.3 is 0 Å². The lowest BCUT2D eigenvalue weighted by molar-refractivity contribution is 0.617. The van der Waals surface area contributed by atoms with Crippen LogP contribution in [0.15, 0.2) is 35.7 Å². The van der Waals surface area contributed by atoms with Gasteiger partial charge in [-0.3, -0.25) is 0 Å². The zero-order chi connectivity index (χ0) is 12.6. The van der Waals surface area contributed by atoms with E-state index in [0.717, 1.165) is 18.1 Å². The predicted molar refractivity (Wildman–Crippen MR) is 77.9 cm³/mol. The normalized spacial score (nSPS) is 10.7. The molecule has 96 valence electrons. The van der Waals surface area contributed by atoms with Gasteiger partial charge in [0.1, 0.15) is 0 Å². The third kappa shape index (κ3) is 4.59. The van der Waals surface area contributed by atoms with Crippen LogP contribution in [0.1, 0.15) is 29.1 Å². The van der Waals surface area contributed by atoms with Gasteiger partial charge in [-0.15, -0.1) is 11.3 Å². The molecule has 0 aliphatic heterocycles. The number of aryl methyl sites for hydroxylation is 2. The average Bonchev–Trinajstić information content (AvgIpc) is 2.81. The molecule has 0 unspecified atom stereocenters. The number of thiazole rings is 1. The van der Waals surface area contributed by atoms with Crippen LogP contribution in [0.3, 0.4) is 0 Å². The quantitative estimate of drug-likeness (QED) is 0.770. The second-order valence-corrected chi connectivity index (χ2v) is 5.54. The van der Waals surface area contributed by atoms with Crippen LogP contribution < -0.4 is 5.32 Å². The molecule has 1 N–H and O–H groups in total. The van der Waals surface area contributed by atoms with E-state index >= 15 is 0 Å². The summed E-state index contributed by atoms with van der Waals surface area (Å²) < 4.78 is 0. The number of benzene rings is 1. The number of aromatic nitrogens is 1. The maximum atomic E-state index is 4.43. The molecular weight excluding hydrogens is 240 g/mol. The van der Waals surface area contributed by atoms with Crippen molar-refractivity contribution in [1.29, 1.82) is 0 Å². The molecule has 0 bridgehead atoms. The van der Waals surface area contributed by atoms with Crippen molar-refractivity contribution in [3.05, 3.63) is 52.0 Å². The molecule has 18 heavy (non-hydrogen) atoms. The molecule has 2 rings (SSSR count). The minimum Gasteiger partial charge on any atom is -0.311 e. The third-order valence-corrected chi connectivity index (χ3v) is 3.71. The summed E-state index contributed by atoms with van der Waals surface area (Å²) in [5, 5.41) is 6.73. The number of hydrogen-bond donors (Lipinski definition) is 1. The minimum absolute atomic E-state index is 0.898. The molecular formula is C15H20N2S. The van der Waals surface area contributed by atoms with Crippen LogP contribution in [-0.2, 0) is 13.0 Å². The molecule has 0 fully saturated rings. The molecule has 0 aliphatic carbocycles. The van der Waals surface area contributed by atoms with Gasteiger partial charge < -0.3 is 5.32 Å². The topological polar surface area (TPSA) is 24.9 Å². The molecule has 1 aromatic carbocycles. The van der Waals surface area contributed by atoms with Crippen LogP contribution in [0.5, 0.6) is 0 Å². The van der Waals surface area contributed by atoms with Crippen molar-refractivity contribution >= 4 is 11.3 Å². The molecule has 1 aromatic heterocycles. The lowest BCUT2D eigenvalue weighted by atomic mass is 10.1. The van der Waals surface area contributed by atoms with E-state index in [0.29, 0.717) is 0 Å². The Hall–Kier alpha value is -1.19. The maximum Gasteiger partial charge on any atom is 0.0897 e. The van der Waals surface area contributed by atoms with Crippen molar-refractivity contribution in [1.82, 2.24) is 10.3 Å². The molecule has 0 radical (unpaired) electrons. The van der Waals surface area contributed by atoms with Crippen molar-refractivity contribution in [2.24, 2.45) is 0 Å². The van der Waals surface area contributed by atoms with Gasteiger partial charge in [0.25, 0.3) is 0 Å². The first-order chi connectivity index (χ1) is 8.84. The van der Waals surface area contributed by atoms with Crippen LogP contribution in [0.4, 0.5) is 0 Å². The zero-order valence-electron chi connectivity index (χ0n) is 10.9. The molecule has 1 heterocycles. The van der Waals surface area contributed by atoms with Gasteiger partial charge in [-0.05, 0) is 38.3 Å². The summed E-state index contributed by atoms with van der Waals surface area (Å²) in [5.74, 6) is 0. The van der Waals surface area contributed by atoms with E-state index in [1.807, 2.05) is 6.92 Å². The van der Waals surface area contributed by atoms with Crippen LogP contribution >= 0.6 is 11.3 Å². The van der Waals surface area contributed by atoms with Gasteiger partial charge in [-0.2, -0.15) is 0 Å². The summed E-state index contributed by atoms with van der Waals surface area (Å²) in [6.07, 6.45) is 3.64. The highest BCUT2D eigenvalue weighted by Crippen LogP contribution is 2.07. The lowest BCUT2D eigenvalue weighted by Gasteiger charge is -2.03. The van der Waals surface area contributed by atoms with Crippen LogP contribution in [0, 0.1) is 6.92 Å². The Morgan fingerprint density at radius 3 is 2.72 bits per heavy atom. The third-order valence-electron chi connectivity index (χ3n) is 2.88. The van der Waals surface area contributed by atoms with E-state index in [2.05, 4.69) is 46.0 Å². The Balaban J connectivity index is 1.54. The second-order valence-electron chi connectivity index (χ2n) is 4.48. The Morgan fingerprint density at radius 1 is 1.17 bits per heavy atom. The molecule has 0 amide bonds. The molecule has 2 aromatic rings. The molecule has 0 saturated heterocycles. The standard InChI is InChI=1S/C15H20N2S/c1-13-17-15(12-18-13)11-16-10-6-5-9-14-7-3-2-4-8-14/h2-4,7-8,12,16H,5-6,9-11H2,1H3. The fraction of sp³-hybridized carbons (Fsp3) is 0.400. The van der Waals surface area contributed by atoms with Gasteiger partial charge in [0.2, 0.25) is 0 Å². The van der Waals surface area contributed by atoms with Gasteiger partial charge in [0.15, 0.2) is 0 Å². The summed E-state index contributed by atoms with van der Waals surface area (Å²) in [6, 6.07) is 10.7. The first kappa shape index (κ1) is 13.2. The Labute approximate surface area is 113 Å². The van der Waals surface area contributed by atoms with Gasteiger partial charge in [0, 0.05) is 11.9 Å². The number of hydrogen-bond acceptors (Lipinski definition) is 3. The van der Waals surface area contributed by atoms with Crippen molar-refractivity contribution < 1.29 is 0 Å². The largest absolute Gasteiger partial charge is 0.311 e. The SMILES string of the molecule is Cc1nc(CNCCCCc2ccccc2)cs1. The predicted octanol–water partition coefficient (Wildman–Crippen LogP) is 3.56. The van der Waals surface area contributed by atoms with Crippen molar-refractivity contribution in [3.63, 3.8) is 0 Å². The Bertz CT molecular complexity index is 451. The highest BCUT2D eigenvalue weighted by molar-refractivity contribution is 7.09. The first-order valence-electron chi connectivity index (χ1n) is 6.50. The summed E-state index contributed by atoms with van der Waals surface area (Å²) in [7, 11) is 0. The van der Waals surface area contributed by atoms with Crippen molar-refractivity contribution in [3.8, 4) is 0 Å². The highest BCUT2D eigenvalue weighted by atomic mass is 32.1. The average molecular weight is 260 g/mol. The Morgan fingerprint density at radius 2 is 2.00 bits per heavy atom. The van der Waals surface area contributed by atoms with Crippen LogP contribution in [0.25, 0.3) is 0 Å². The smallest absolute Gasteiger partial charge is 0.0897 e. The van der Waals surface area contributed by atoms with E-state index in [4.69, 9.17) is 0 Å². The van der Waals surface area contributed by atoms with E-state index in [1.165, 1.54) is 30.5 Å². The van der Waals surface area contributed by atoms with Crippen LogP contribution in [-0.4, -0.2) is 11.5 Å². The van der Waals surface area contributed by atoms with Crippen molar-refractivity contribution in [2.45, 2.75) is 32.7 Å². The summed E-state index contributed by atoms with van der Waals surface area (Å²) >= 11 is 1.72.